The van der Waals surface area contributed by atoms with E-state index in [9.17, 15) is 0 Å². The Kier molecular flexibility index (Phi) is 8.37. The highest BCUT2D eigenvalue weighted by Gasteiger charge is 2.24. The molecule has 0 radical (unpaired) electrons. The van der Waals surface area contributed by atoms with E-state index in [-0.39, 0.29) is 30.1 Å². The number of halogens is 1. The number of morpholine rings is 1. The van der Waals surface area contributed by atoms with Gasteiger partial charge in [0.25, 0.3) is 0 Å². The molecular weight excluding hydrogens is 441 g/mol. The molecule has 0 spiro atoms. The summed E-state index contributed by atoms with van der Waals surface area (Å²) in [6.45, 7) is 6.32. The first-order valence-corrected chi connectivity index (χ1v) is 8.88. The number of rotatable bonds is 5. The second-order valence-electron chi connectivity index (χ2n) is 6.26. The Morgan fingerprint density at radius 3 is 2.92 bits per heavy atom. The summed E-state index contributed by atoms with van der Waals surface area (Å²) in [7, 11) is 1.84. The van der Waals surface area contributed by atoms with E-state index < -0.39 is 0 Å². The fourth-order valence-corrected chi connectivity index (χ4v) is 3.18. The Morgan fingerprint density at radius 2 is 2.19 bits per heavy atom. The molecule has 142 valence electrons. The molecule has 0 aliphatic carbocycles. The Hall–Kier alpha value is -1.61. The van der Waals surface area contributed by atoms with Gasteiger partial charge in [-0.1, -0.05) is 24.3 Å². The van der Waals surface area contributed by atoms with Crippen LogP contribution in [0.3, 0.4) is 0 Å². The Morgan fingerprint density at radius 1 is 1.35 bits per heavy atom. The van der Waals surface area contributed by atoms with Crippen LogP contribution in [0.15, 0.2) is 47.7 Å². The van der Waals surface area contributed by atoms with E-state index in [4.69, 9.17) is 4.74 Å². The van der Waals surface area contributed by atoms with Gasteiger partial charge in [0.1, 0.15) is 6.10 Å². The number of ether oxygens (including phenoxy) is 1. The maximum Gasteiger partial charge on any atom is 0.193 e. The quantitative estimate of drug-likeness (QED) is 0.317. The monoisotopic (exact) mass is 469 g/mol. The first-order valence-electron chi connectivity index (χ1n) is 8.88. The summed E-state index contributed by atoms with van der Waals surface area (Å²) in [4.78, 5) is 6.74. The average Bonchev–Trinajstić information content (AvgIpc) is 3.16. The number of aryl methyl sites for hydroxylation is 2. The third-order valence-corrected chi connectivity index (χ3v) is 4.52. The molecule has 1 aliphatic rings. The van der Waals surface area contributed by atoms with Crippen molar-refractivity contribution in [2.45, 2.75) is 26.0 Å². The van der Waals surface area contributed by atoms with Crippen LogP contribution < -0.4 is 5.32 Å². The van der Waals surface area contributed by atoms with Crippen molar-refractivity contribution in [1.29, 1.82) is 0 Å². The van der Waals surface area contributed by atoms with Crippen molar-refractivity contribution in [2.24, 2.45) is 4.99 Å². The summed E-state index contributed by atoms with van der Waals surface area (Å²) < 4.78 is 7.96. The lowest BCUT2D eigenvalue weighted by atomic mass is 10.0. The fraction of sp³-hybridized carbons (Fsp3) is 0.474. The molecule has 0 bridgehead atoms. The molecule has 1 fully saturated rings. The largest absolute Gasteiger partial charge is 0.370 e. The molecule has 26 heavy (non-hydrogen) atoms. The van der Waals surface area contributed by atoms with Crippen molar-refractivity contribution in [2.75, 3.05) is 33.3 Å². The van der Waals surface area contributed by atoms with Gasteiger partial charge in [-0.25, -0.2) is 0 Å². The first-order chi connectivity index (χ1) is 12.3. The number of nitrogens with zero attached hydrogens (tertiary/aromatic N) is 4. The number of nitrogens with one attached hydrogen (secondary N) is 1. The summed E-state index contributed by atoms with van der Waals surface area (Å²) in [5.41, 5.74) is 2.54. The van der Waals surface area contributed by atoms with E-state index in [2.05, 4.69) is 51.5 Å². The van der Waals surface area contributed by atoms with E-state index in [0.717, 1.165) is 38.6 Å². The van der Waals surface area contributed by atoms with Crippen LogP contribution in [-0.4, -0.2) is 53.9 Å². The van der Waals surface area contributed by atoms with Crippen LogP contribution in [0.4, 0.5) is 0 Å². The topological polar surface area (TPSA) is 54.7 Å². The standard InChI is InChI=1S/C19H27N5O.HI/c1-16-7-3-4-8-17(16)18-15-23(13-14-25-18)19(20-2)21-9-5-11-24-12-6-10-22-24;/h3-4,6-8,10,12,18H,5,9,11,13-15H2,1-2H3,(H,20,21);1H. The highest BCUT2D eigenvalue weighted by molar-refractivity contribution is 14.0. The number of hydrogen-bond acceptors (Lipinski definition) is 3. The van der Waals surface area contributed by atoms with Crippen molar-refractivity contribution in [3.63, 3.8) is 0 Å². The van der Waals surface area contributed by atoms with Gasteiger partial charge in [-0.2, -0.15) is 5.10 Å². The van der Waals surface area contributed by atoms with Crippen molar-refractivity contribution in [3.05, 3.63) is 53.9 Å². The molecule has 1 unspecified atom stereocenters. The summed E-state index contributed by atoms with van der Waals surface area (Å²) in [5.74, 6) is 0.947. The third kappa shape index (κ3) is 5.44. The first kappa shape index (κ1) is 20.7. The van der Waals surface area contributed by atoms with Crippen molar-refractivity contribution in [3.8, 4) is 0 Å². The van der Waals surface area contributed by atoms with Crippen LogP contribution in [0.5, 0.6) is 0 Å². The summed E-state index contributed by atoms with van der Waals surface area (Å²) in [6.07, 6.45) is 4.90. The lowest BCUT2D eigenvalue weighted by Gasteiger charge is -2.35. The molecule has 1 aromatic carbocycles. The Balaban J connectivity index is 0.00000243. The third-order valence-electron chi connectivity index (χ3n) is 4.52. The summed E-state index contributed by atoms with van der Waals surface area (Å²) in [5, 5.41) is 7.69. The van der Waals surface area contributed by atoms with E-state index >= 15 is 0 Å². The average molecular weight is 469 g/mol. The second-order valence-corrected chi connectivity index (χ2v) is 6.26. The molecule has 1 aromatic heterocycles. The molecule has 2 aromatic rings. The maximum absolute atomic E-state index is 6.01. The normalized spacial score (nSPS) is 17.7. The molecular formula is C19H28IN5O. The SMILES string of the molecule is CN=C(NCCCn1cccn1)N1CCOC(c2ccccc2C)C1.I. The minimum atomic E-state index is 0. The molecule has 1 atom stereocenters. The highest BCUT2D eigenvalue weighted by Crippen LogP contribution is 2.24. The number of hydrogen-bond donors (Lipinski definition) is 1. The van der Waals surface area contributed by atoms with Gasteiger partial charge < -0.3 is 15.0 Å². The van der Waals surface area contributed by atoms with Crippen molar-refractivity contribution >= 4 is 29.9 Å². The summed E-state index contributed by atoms with van der Waals surface area (Å²) in [6, 6.07) is 10.4. The van der Waals surface area contributed by atoms with Gasteiger partial charge in [-0.05, 0) is 30.5 Å². The molecule has 0 amide bonds. The van der Waals surface area contributed by atoms with Gasteiger partial charge in [-0.3, -0.25) is 9.67 Å². The van der Waals surface area contributed by atoms with Crippen molar-refractivity contribution < 1.29 is 4.74 Å². The van der Waals surface area contributed by atoms with E-state index in [0.29, 0.717) is 6.61 Å². The van der Waals surface area contributed by atoms with Gasteiger partial charge in [0.15, 0.2) is 5.96 Å². The van der Waals surface area contributed by atoms with Crippen LogP contribution in [-0.2, 0) is 11.3 Å². The van der Waals surface area contributed by atoms with E-state index in [1.165, 1.54) is 11.1 Å². The summed E-state index contributed by atoms with van der Waals surface area (Å²) >= 11 is 0. The van der Waals surface area contributed by atoms with Gasteiger partial charge in [0.05, 0.1) is 13.2 Å². The van der Waals surface area contributed by atoms with Crippen LogP contribution >= 0.6 is 24.0 Å². The van der Waals surface area contributed by atoms with Gasteiger partial charge in [-0.15, -0.1) is 24.0 Å². The smallest absolute Gasteiger partial charge is 0.193 e. The van der Waals surface area contributed by atoms with Gasteiger partial charge >= 0.3 is 0 Å². The van der Waals surface area contributed by atoms with Crippen molar-refractivity contribution in [1.82, 2.24) is 20.0 Å². The van der Waals surface area contributed by atoms with Crippen LogP contribution in [0, 0.1) is 6.92 Å². The molecule has 1 aliphatic heterocycles. The van der Waals surface area contributed by atoms with Gasteiger partial charge in [0, 0.05) is 39.1 Å². The number of aliphatic imine (C=N–C) groups is 1. The van der Waals surface area contributed by atoms with Crippen LogP contribution in [0.25, 0.3) is 0 Å². The molecule has 2 heterocycles. The van der Waals surface area contributed by atoms with Crippen LogP contribution in [0.2, 0.25) is 0 Å². The van der Waals surface area contributed by atoms with E-state index in [1.54, 1.807) is 0 Å². The lowest BCUT2D eigenvalue weighted by molar-refractivity contribution is -0.00831. The van der Waals surface area contributed by atoms with E-state index in [1.807, 2.05) is 30.2 Å². The zero-order chi connectivity index (χ0) is 17.5. The number of benzene rings is 1. The number of guanidine groups is 1. The predicted molar refractivity (Wildman–Crippen MR) is 115 cm³/mol. The second kappa shape index (κ2) is 10.5. The number of aromatic nitrogens is 2. The maximum atomic E-state index is 6.01. The molecule has 7 heteroatoms. The zero-order valence-electron chi connectivity index (χ0n) is 15.5. The minimum absolute atomic E-state index is 0. The Labute approximate surface area is 172 Å². The molecule has 3 rings (SSSR count). The molecule has 1 N–H and O–H groups in total. The van der Waals surface area contributed by atoms with Gasteiger partial charge in [0.2, 0.25) is 0 Å². The minimum Gasteiger partial charge on any atom is -0.370 e. The van der Waals surface area contributed by atoms with Crippen LogP contribution in [0.1, 0.15) is 23.7 Å². The Bertz CT molecular complexity index is 689. The lowest BCUT2D eigenvalue weighted by Crippen LogP contribution is -2.48. The molecule has 6 nitrogen and oxygen atoms in total. The predicted octanol–water partition coefficient (Wildman–Crippen LogP) is 2.85. The zero-order valence-corrected chi connectivity index (χ0v) is 17.8. The fourth-order valence-electron chi connectivity index (χ4n) is 3.18. The molecule has 0 saturated carbocycles. The highest BCUT2D eigenvalue weighted by atomic mass is 127. The molecule has 1 saturated heterocycles.